The van der Waals surface area contributed by atoms with Gasteiger partial charge in [0.15, 0.2) is 0 Å². The first-order chi connectivity index (χ1) is 10.7. The monoisotopic (exact) mass is 294 g/mol. The Morgan fingerprint density at radius 1 is 1.36 bits per heavy atom. The third kappa shape index (κ3) is 2.93. The average Bonchev–Trinajstić information content (AvgIpc) is 3.17. The zero-order valence-corrected chi connectivity index (χ0v) is 11.9. The molecule has 0 aliphatic rings. The number of hydrogen-bond acceptors (Lipinski definition) is 4. The molecule has 0 aliphatic carbocycles. The normalized spacial score (nSPS) is 11.0. The van der Waals surface area contributed by atoms with Crippen molar-refractivity contribution >= 4 is 12.1 Å². The molecule has 3 heterocycles. The molecule has 22 heavy (non-hydrogen) atoms. The summed E-state index contributed by atoms with van der Waals surface area (Å²) in [4.78, 5) is 16.1. The molecule has 110 valence electrons. The molecule has 0 atom stereocenters. The van der Waals surface area contributed by atoms with Gasteiger partial charge in [-0.1, -0.05) is 6.07 Å². The second-order valence-corrected chi connectivity index (χ2v) is 4.62. The van der Waals surface area contributed by atoms with E-state index < -0.39 is 0 Å². The maximum Gasteiger partial charge on any atom is 0.289 e. The summed E-state index contributed by atoms with van der Waals surface area (Å²) >= 11 is 0. The van der Waals surface area contributed by atoms with Crippen molar-refractivity contribution in [3.8, 4) is 11.4 Å². The van der Waals surface area contributed by atoms with Gasteiger partial charge in [0.25, 0.3) is 5.91 Å². The van der Waals surface area contributed by atoms with E-state index in [1.165, 1.54) is 6.21 Å². The first kappa shape index (κ1) is 13.7. The van der Waals surface area contributed by atoms with Crippen LogP contribution in [-0.4, -0.2) is 31.9 Å². The van der Waals surface area contributed by atoms with Crippen LogP contribution in [0.25, 0.3) is 11.4 Å². The summed E-state index contributed by atoms with van der Waals surface area (Å²) in [5, 5.41) is 10.7. The van der Waals surface area contributed by atoms with Crippen LogP contribution in [0.15, 0.2) is 53.9 Å². The minimum Gasteiger partial charge on any atom is -0.349 e. The van der Waals surface area contributed by atoms with Crippen LogP contribution in [0.5, 0.6) is 0 Å². The van der Waals surface area contributed by atoms with Gasteiger partial charge in [0.05, 0.1) is 17.6 Å². The Balaban J connectivity index is 1.67. The summed E-state index contributed by atoms with van der Waals surface area (Å²) in [6.45, 7) is 0. The molecule has 0 unspecified atom stereocenters. The minimum atomic E-state index is -0.361. The SMILES string of the molecule is Cn1cccc1-c1cc(C(=O)N/N=C\c2ccccn2)[nH]n1. The van der Waals surface area contributed by atoms with Gasteiger partial charge in [-0.05, 0) is 30.3 Å². The number of carbonyl (C=O) groups excluding carboxylic acids is 1. The van der Waals surface area contributed by atoms with Crippen molar-refractivity contribution in [3.05, 3.63) is 60.2 Å². The van der Waals surface area contributed by atoms with E-state index in [0.29, 0.717) is 17.1 Å². The Bertz CT molecular complexity index is 802. The summed E-state index contributed by atoms with van der Waals surface area (Å²) in [6.07, 6.45) is 5.05. The smallest absolute Gasteiger partial charge is 0.289 e. The largest absolute Gasteiger partial charge is 0.349 e. The van der Waals surface area contributed by atoms with Gasteiger partial charge in [-0.25, -0.2) is 5.43 Å². The number of carbonyl (C=O) groups is 1. The second-order valence-electron chi connectivity index (χ2n) is 4.62. The Labute approximate surface area is 126 Å². The van der Waals surface area contributed by atoms with Crippen LogP contribution in [0.4, 0.5) is 0 Å². The molecule has 7 heteroatoms. The molecular formula is C15H14N6O. The van der Waals surface area contributed by atoms with E-state index in [2.05, 4.69) is 25.7 Å². The maximum atomic E-state index is 12.0. The van der Waals surface area contributed by atoms with Crippen LogP contribution in [0.1, 0.15) is 16.2 Å². The number of aromatic amines is 1. The molecule has 0 radical (unpaired) electrons. The molecule has 7 nitrogen and oxygen atoms in total. The molecule has 3 rings (SSSR count). The van der Waals surface area contributed by atoms with E-state index >= 15 is 0 Å². The first-order valence-corrected chi connectivity index (χ1v) is 6.65. The number of pyridine rings is 1. The Hall–Kier alpha value is -3.22. The fraction of sp³-hybridized carbons (Fsp3) is 0.0667. The molecule has 0 saturated carbocycles. The van der Waals surface area contributed by atoms with Crippen LogP contribution < -0.4 is 5.43 Å². The van der Waals surface area contributed by atoms with Crippen molar-refractivity contribution in [1.82, 2.24) is 25.2 Å². The Morgan fingerprint density at radius 2 is 2.27 bits per heavy atom. The average molecular weight is 294 g/mol. The lowest BCUT2D eigenvalue weighted by Crippen LogP contribution is -2.18. The van der Waals surface area contributed by atoms with Crippen molar-refractivity contribution in [2.45, 2.75) is 0 Å². The minimum absolute atomic E-state index is 0.342. The number of nitrogens with one attached hydrogen (secondary N) is 2. The molecule has 0 spiro atoms. The van der Waals surface area contributed by atoms with Gasteiger partial charge in [-0.15, -0.1) is 0 Å². The topological polar surface area (TPSA) is 88.0 Å². The number of rotatable bonds is 4. The van der Waals surface area contributed by atoms with Crippen LogP contribution in [0.2, 0.25) is 0 Å². The number of aryl methyl sites for hydroxylation is 1. The summed E-state index contributed by atoms with van der Waals surface area (Å²) < 4.78 is 1.93. The van der Waals surface area contributed by atoms with Crippen molar-refractivity contribution in [2.75, 3.05) is 0 Å². The van der Waals surface area contributed by atoms with E-state index in [1.54, 1.807) is 18.3 Å². The maximum absolute atomic E-state index is 12.0. The summed E-state index contributed by atoms with van der Waals surface area (Å²) in [7, 11) is 1.92. The van der Waals surface area contributed by atoms with E-state index in [9.17, 15) is 4.79 Å². The predicted octanol–water partition coefficient (Wildman–Crippen LogP) is 1.57. The third-order valence-corrected chi connectivity index (χ3v) is 3.08. The number of H-pyrrole nitrogens is 1. The second kappa shape index (κ2) is 6.04. The van der Waals surface area contributed by atoms with Gasteiger partial charge < -0.3 is 4.57 Å². The standard InChI is InChI=1S/C15H14N6O/c1-21-8-4-6-14(21)12-9-13(19-18-12)15(22)20-17-10-11-5-2-3-7-16-11/h2-10H,1H3,(H,18,19)(H,20,22)/b17-10-. The zero-order valence-electron chi connectivity index (χ0n) is 11.9. The first-order valence-electron chi connectivity index (χ1n) is 6.65. The third-order valence-electron chi connectivity index (χ3n) is 3.08. The highest BCUT2D eigenvalue weighted by Crippen LogP contribution is 2.17. The molecule has 3 aromatic heterocycles. The molecular weight excluding hydrogens is 280 g/mol. The zero-order chi connectivity index (χ0) is 15.4. The fourth-order valence-corrected chi connectivity index (χ4v) is 1.97. The number of hydrogen-bond donors (Lipinski definition) is 2. The van der Waals surface area contributed by atoms with Crippen LogP contribution in [0, 0.1) is 0 Å². The highest BCUT2D eigenvalue weighted by atomic mass is 16.2. The Kier molecular flexibility index (Phi) is 3.78. The van der Waals surface area contributed by atoms with Crippen LogP contribution in [-0.2, 0) is 7.05 Å². The fourth-order valence-electron chi connectivity index (χ4n) is 1.97. The lowest BCUT2D eigenvalue weighted by Gasteiger charge is -1.97. The van der Waals surface area contributed by atoms with Crippen LogP contribution >= 0.6 is 0 Å². The van der Waals surface area contributed by atoms with Crippen molar-refractivity contribution in [3.63, 3.8) is 0 Å². The molecule has 1 amide bonds. The molecule has 2 N–H and O–H groups in total. The van der Waals surface area contributed by atoms with Crippen molar-refractivity contribution in [1.29, 1.82) is 0 Å². The number of hydrazone groups is 1. The molecule has 0 aromatic carbocycles. The lowest BCUT2D eigenvalue weighted by molar-refractivity contribution is 0.0950. The van der Waals surface area contributed by atoms with E-state index in [-0.39, 0.29) is 5.91 Å². The van der Waals surface area contributed by atoms with E-state index in [1.807, 2.05) is 42.1 Å². The molecule has 0 fully saturated rings. The summed E-state index contributed by atoms with van der Waals surface area (Å²) in [6, 6.07) is 11.0. The van der Waals surface area contributed by atoms with Gasteiger partial charge in [0.2, 0.25) is 0 Å². The van der Waals surface area contributed by atoms with Crippen LogP contribution in [0.3, 0.4) is 0 Å². The molecule has 0 bridgehead atoms. The van der Waals surface area contributed by atoms with Gasteiger partial charge in [0.1, 0.15) is 11.4 Å². The Morgan fingerprint density at radius 3 is 3.00 bits per heavy atom. The van der Waals surface area contributed by atoms with E-state index in [4.69, 9.17) is 0 Å². The lowest BCUT2D eigenvalue weighted by atomic mass is 10.3. The highest BCUT2D eigenvalue weighted by Gasteiger charge is 2.11. The summed E-state index contributed by atoms with van der Waals surface area (Å²) in [5.41, 5.74) is 5.06. The highest BCUT2D eigenvalue weighted by molar-refractivity contribution is 5.93. The van der Waals surface area contributed by atoms with Gasteiger partial charge >= 0.3 is 0 Å². The molecule has 0 saturated heterocycles. The number of amides is 1. The summed E-state index contributed by atoms with van der Waals surface area (Å²) in [5.74, 6) is -0.361. The van der Waals surface area contributed by atoms with Gasteiger partial charge in [-0.3, -0.25) is 14.9 Å². The van der Waals surface area contributed by atoms with E-state index in [0.717, 1.165) is 5.69 Å². The van der Waals surface area contributed by atoms with Gasteiger partial charge in [0, 0.05) is 19.4 Å². The number of aromatic nitrogens is 4. The number of nitrogens with zero attached hydrogens (tertiary/aromatic N) is 4. The molecule has 3 aromatic rings. The van der Waals surface area contributed by atoms with Gasteiger partial charge in [-0.2, -0.15) is 10.2 Å². The quantitative estimate of drug-likeness (QED) is 0.565. The van der Waals surface area contributed by atoms with Crippen molar-refractivity contribution in [2.24, 2.45) is 12.1 Å². The molecule has 0 aliphatic heterocycles. The van der Waals surface area contributed by atoms with Crippen molar-refractivity contribution < 1.29 is 4.79 Å². The predicted molar refractivity (Wildman–Crippen MR) is 82.3 cm³/mol.